The van der Waals surface area contributed by atoms with Crippen LogP contribution in [-0.2, 0) is 4.79 Å². The molecule has 0 radical (unpaired) electrons. The van der Waals surface area contributed by atoms with Gasteiger partial charge in [0.05, 0.1) is 13.1 Å². The number of carbonyl (C=O) groups excluding carboxylic acids is 1. The van der Waals surface area contributed by atoms with E-state index in [4.69, 9.17) is 0 Å². The molecule has 0 saturated heterocycles. The number of carbonyl (C=O) groups is 1. The maximum Gasteiger partial charge on any atom is 0.0726 e. The average Bonchev–Trinajstić information content (AvgIpc) is 2.19. The molecule has 0 bridgehead atoms. The lowest BCUT2D eigenvalue weighted by atomic mass is 10.1. The van der Waals surface area contributed by atoms with Gasteiger partial charge in [0.2, 0.25) is 0 Å². The van der Waals surface area contributed by atoms with E-state index in [9.17, 15) is 9.90 Å². The minimum absolute atomic E-state index is 0.226. The van der Waals surface area contributed by atoms with E-state index in [0.717, 1.165) is 19.3 Å². The lowest BCUT2D eigenvalue weighted by Crippen LogP contribution is -2.82. The largest absolute Gasteiger partial charge is 0.550 e. The number of carboxylic acids is 1. The van der Waals surface area contributed by atoms with Gasteiger partial charge in [-0.05, 0) is 26.7 Å². The Bertz CT molecular complexity index is 125. The number of unbranched alkanes of at least 4 members (excludes halogenated alkanes) is 4. The summed E-state index contributed by atoms with van der Waals surface area (Å²) in [5.74, 6) is -0.920. The van der Waals surface area contributed by atoms with Gasteiger partial charge in [-0.2, -0.15) is 0 Å². The normalized spacial score (nSPS) is 9.27. The molecule has 0 spiro atoms. The van der Waals surface area contributed by atoms with Crippen molar-refractivity contribution in [3.63, 3.8) is 0 Å². The van der Waals surface area contributed by atoms with Crippen LogP contribution in [0.5, 0.6) is 0 Å². The van der Waals surface area contributed by atoms with Crippen molar-refractivity contribution in [2.24, 2.45) is 0 Å². The zero-order valence-electron chi connectivity index (χ0n) is 10.6. The van der Waals surface area contributed by atoms with Gasteiger partial charge in [0.15, 0.2) is 0 Å². The highest BCUT2D eigenvalue weighted by Crippen LogP contribution is 2.03. The van der Waals surface area contributed by atoms with Crippen LogP contribution < -0.4 is 10.4 Å². The first-order valence-electron chi connectivity index (χ1n) is 6.20. The Hall–Kier alpha value is -0.570. The number of hydrogen-bond acceptors (Lipinski definition) is 2. The predicted octanol–water partition coefficient (Wildman–Crippen LogP) is 0.686. The average molecular weight is 217 g/mol. The maximum absolute atomic E-state index is 9.92. The van der Waals surface area contributed by atoms with E-state index in [-0.39, 0.29) is 6.42 Å². The van der Waals surface area contributed by atoms with E-state index in [1.807, 2.05) is 0 Å². The highest BCUT2D eigenvalue weighted by molar-refractivity contribution is 5.63. The summed E-state index contributed by atoms with van der Waals surface area (Å²) < 4.78 is 0. The molecule has 0 fully saturated rings. The quantitative estimate of drug-likeness (QED) is 0.608. The highest BCUT2D eigenvalue weighted by Gasteiger charge is 1.88. The van der Waals surface area contributed by atoms with Gasteiger partial charge in [-0.3, -0.25) is 0 Å². The lowest BCUT2D eigenvalue weighted by Gasteiger charge is -2.00. The van der Waals surface area contributed by atoms with Gasteiger partial charge in [-0.1, -0.05) is 32.6 Å². The number of carboxylic acid groups (broad SMARTS) is 1. The highest BCUT2D eigenvalue weighted by atomic mass is 16.4. The van der Waals surface area contributed by atoms with Crippen LogP contribution >= 0.6 is 0 Å². The van der Waals surface area contributed by atoms with E-state index in [2.05, 4.69) is 26.1 Å². The molecule has 3 heteroatoms. The summed E-state index contributed by atoms with van der Waals surface area (Å²) in [4.78, 5) is 9.92. The molecule has 0 aromatic carbocycles. The van der Waals surface area contributed by atoms with Crippen LogP contribution in [0.3, 0.4) is 0 Å². The van der Waals surface area contributed by atoms with Crippen LogP contribution in [0.4, 0.5) is 0 Å². The first-order valence-corrected chi connectivity index (χ1v) is 6.20. The molecule has 3 nitrogen and oxygen atoms in total. The molecular weight excluding hydrogens is 190 g/mol. The van der Waals surface area contributed by atoms with Gasteiger partial charge in [0, 0.05) is 5.97 Å². The summed E-state index contributed by atoms with van der Waals surface area (Å²) in [5, 5.41) is 12.2. The second-order valence-corrected chi connectivity index (χ2v) is 3.64. The van der Waals surface area contributed by atoms with Gasteiger partial charge >= 0.3 is 0 Å². The molecule has 0 amide bonds. The number of aliphatic carboxylic acids is 1. The third-order valence-corrected chi connectivity index (χ3v) is 2.06. The summed E-state index contributed by atoms with van der Waals surface area (Å²) in [6, 6.07) is 0. The molecule has 92 valence electrons. The van der Waals surface area contributed by atoms with Gasteiger partial charge in [0.25, 0.3) is 0 Å². The van der Waals surface area contributed by atoms with Crippen molar-refractivity contribution < 1.29 is 15.2 Å². The number of nitrogens with two attached hydrogens (primary N) is 1. The topological polar surface area (TPSA) is 56.7 Å². The van der Waals surface area contributed by atoms with Gasteiger partial charge in [-0.25, -0.2) is 0 Å². The van der Waals surface area contributed by atoms with Crippen molar-refractivity contribution in [2.45, 2.75) is 59.3 Å². The Morgan fingerprint density at radius 2 is 1.53 bits per heavy atom. The van der Waals surface area contributed by atoms with Crippen LogP contribution in [0.25, 0.3) is 0 Å². The van der Waals surface area contributed by atoms with Crippen LogP contribution in [-0.4, -0.2) is 19.1 Å². The minimum Gasteiger partial charge on any atom is -0.550 e. The second-order valence-electron chi connectivity index (χ2n) is 3.64. The molecule has 0 aliphatic heterocycles. The van der Waals surface area contributed by atoms with Crippen molar-refractivity contribution in [3.05, 3.63) is 0 Å². The standard InChI is InChI=1S/C8H16O2.C4H11N/c1-2-3-4-5-6-7-8(9)10;1-3-5-4-2/h2-7H2,1H3,(H,9,10);5H,3-4H2,1-2H3. The molecular formula is C12H27NO2. The van der Waals surface area contributed by atoms with Crippen LogP contribution in [0.15, 0.2) is 0 Å². The third kappa shape index (κ3) is 24.7. The van der Waals surface area contributed by atoms with Crippen LogP contribution in [0.1, 0.15) is 59.3 Å². The summed E-state index contributed by atoms with van der Waals surface area (Å²) in [7, 11) is 0. The van der Waals surface area contributed by atoms with Crippen molar-refractivity contribution in [1.82, 2.24) is 0 Å². The first kappa shape index (κ1) is 16.8. The van der Waals surface area contributed by atoms with Crippen LogP contribution in [0.2, 0.25) is 0 Å². The minimum atomic E-state index is -0.920. The van der Waals surface area contributed by atoms with Crippen LogP contribution in [0, 0.1) is 0 Å². The summed E-state index contributed by atoms with van der Waals surface area (Å²) in [6.07, 6.45) is 5.61. The number of hydrogen-bond donors (Lipinski definition) is 1. The van der Waals surface area contributed by atoms with Crippen molar-refractivity contribution in [1.29, 1.82) is 0 Å². The molecule has 2 N–H and O–H groups in total. The Morgan fingerprint density at radius 1 is 1.00 bits per heavy atom. The molecule has 0 aliphatic carbocycles. The van der Waals surface area contributed by atoms with Crippen molar-refractivity contribution in [3.8, 4) is 0 Å². The molecule has 0 heterocycles. The fraction of sp³-hybridized carbons (Fsp3) is 0.917. The van der Waals surface area contributed by atoms with Crippen molar-refractivity contribution in [2.75, 3.05) is 13.1 Å². The molecule has 0 atom stereocenters. The Labute approximate surface area is 94.3 Å². The van der Waals surface area contributed by atoms with E-state index in [0.29, 0.717) is 0 Å². The fourth-order valence-corrected chi connectivity index (χ4v) is 1.16. The van der Waals surface area contributed by atoms with E-state index in [1.54, 1.807) is 0 Å². The predicted molar refractivity (Wildman–Crippen MR) is 61.4 cm³/mol. The Morgan fingerprint density at radius 3 is 1.87 bits per heavy atom. The second kappa shape index (κ2) is 15.9. The molecule has 0 unspecified atom stereocenters. The summed E-state index contributed by atoms with van der Waals surface area (Å²) in [5.41, 5.74) is 0. The fourth-order valence-electron chi connectivity index (χ4n) is 1.16. The van der Waals surface area contributed by atoms with Gasteiger partial charge in [0.1, 0.15) is 0 Å². The van der Waals surface area contributed by atoms with Gasteiger partial charge < -0.3 is 15.2 Å². The lowest BCUT2D eigenvalue weighted by molar-refractivity contribution is -0.648. The number of rotatable bonds is 8. The first-order chi connectivity index (χ1) is 7.18. The zero-order valence-corrected chi connectivity index (χ0v) is 10.6. The Balaban J connectivity index is 0. The Kier molecular flexibility index (Phi) is 17.8. The molecule has 0 aliphatic rings. The molecule has 0 saturated carbocycles. The smallest absolute Gasteiger partial charge is 0.0726 e. The zero-order chi connectivity index (χ0) is 11.9. The number of quaternary nitrogens is 1. The monoisotopic (exact) mass is 217 g/mol. The molecule has 0 rings (SSSR count). The third-order valence-electron chi connectivity index (χ3n) is 2.06. The molecule has 15 heavy (non-hydrogen) atoms. The molecule has 0 aromatic rings. The summed E-state index contributed by atoms with van der Waals surface area (Å²) in [6.45, 7) is 8.89. The van der Waals surface area contributed by atoms with E-state index in [1.165, 1.54) is 25.9 Å². The van der Waals surface area contributed by atoms with E-state index < -0.39 is 5.97 Å². The maximum atomic E-state index is 9.92. The van der Waals surface area contributed by atoms with Crippen molar-refractivity contribution >= 4 is 5.97 Å². The van der Waals surface area contributed by atoms with Gasteiger partial charge in [-0.15, -0.1) is 0 Å². The summed E-state index contributed by atoms with van der Waals surface area (Å²) >= 11 is 0. The van der Waals surface area contributed by atoms with E-state index >= 15 is 0 Å². The molecule has 0 aromatic heterocycles. The SMILES string of the molecule is CCCCCCCC(=O)[O-].CC[NH2+]CC.